The smallest absolute Gasteiger partial charge is 0.236 e. The third-order valence-electron chi connectivity index (χ3n) is 1.43. The van der Waals surface area contributed by atoms with E-state index in [1.54, 1.807) is 0 Å². The van der Waals surface area contributed by atoms with Crippen LogP contribution in [0.25, 0.3) is 0 Å². The number of alkyl halides is 4. The maximum atomic E-state index is 12.6. The minimum Gasteiger partial charge on any atom is -0.236 e. The van der Waals surface area contributed by atoms with Crippen molar-refractivity contribution < 1.29 is 17.6 Å². The van der Waals surface area contributed by atoms with E-state index in [4.69, 9.17) is 0 Å². The molecule has 2 unspecified atom stereocenters. The average molecular weight is 174 g/mol. The van der Waals surface area contributed by atoms with Crippen molar-refractivity contribution in [2.24, 2.45) is 0 Å². The van der Waals surface area contributed by atoms with Gasteiger partial charge in [0.15, 0.2) is 11.2 Å². The average Bonchev–Trinajstić information content (AvgIpc) is 1.73. The van der Waals surface area contributed by atoms with Crippen molar-refractivity contribution in [1.82, 2.24) is 0 Å². The molecule has 2 atom stereocenters. The molecule has 0 aromatic carbocycles. The van der Waals surface area contributed by atoms with E-state index in [1.165, 1.54) is 0 Å². The van der Waals surface area contributed by atoms with E-state index >= 15 is 0 Å². The van der Waals surface area contributed by atoms with Crippen molar-refractivity contribution in [3.63, 3.8) is 0 Å². The molecule has 0 nitrogen and oxygen atoms in total. The highest BCUT2D eigenvalue weighted by Crippen LogP contribution is 2.54. The quantitative estimate of drug-likeness (QED) is 0.509. The second kappa shape index (κ2) is 2.03. The molecule has 0 N–H and O–H groups in total. The Morgan fingerprint density at radius 2 is 1.90 bits per heavy atom. The lowest BCUT2D eigenvalue weighted by molar-refractivity contribution is -0.0480. The van der Waals surface area contributed by atoms with Crippen molar-refractivity contribution >= 4 is 11.8 Å². The molecule has 1 saturated heterocycles. The first-order valence-electron chi connectivity index (χ1n) is 2.74. The molecular weight excluding hydrogens is 168 g/mol. The summed E-state index contributed by atoms with van der Waals surface area (Å²) in [7, 11) is 0. The predicted molar refractivity (Wildman–Crippen MR) is 31.6 cm³/mol. The summed E-state index contributed by atoms with van der Waals surface area (Å²) in [6, 6.07) is 0. The highest BCUT2D eigenvalue weighted by atomic mass is 32.2. The van der Waals surface area contributed by atoms with Gasteiger partial charge in [-0.05, 0) is 18.7 Å². The van der Waals surface area contributed by atoms with Gasteiger partial charge in [-0.1, -0.05) is 0 Å². The Labute approximate surface area is 60.0 Å². The van der Waals surface area contributed by atoms with E-state index in [9.17, 15) is 17.6 Å². The molecule has 0 aromatic heterocycles. The molecule has 0 spiro atoms. The molecule has 5 heteroatoms. The third-order valence-corrected chi connectivity index (χ3v) is 2.57. The van der Waals surface area contributed by atoms with Crippen LogP contribution in [0.1, 0.15) is 13.3 Å². The van der Waals surface area contributed by atoms with Crippen molar-refractivity contribution in [3.05, 3.63) is 0 Å². The van der Waals surface area contributed by atoms with Crippen molar-refractivity contribution in [2.75, 3.05) is 0 Å². The highest BCUT2D eigenvalue weighted by molar-refractivity contribution is 8.01. The number of rotatable bonds is 0. The fourth-order valence-electron chi connectivity index (χ4n) is 0.745. The molecule has 1 aliphatic rings. The fourth-order valence-corrected chi connectivity index (χ4v) is 1.79. The fraction of sp³-hybridized carbons (Fsp3) is 1.00. The maximum absolute atomic E-state index is 12.6. The van der Waals surface area contributed by atoms with Gasteiger partial charge in [-0.3, -0.25) is 0 Å². The minimum atomic E-state index is -3.56. The van der Waals surface area contributed by atoms with Gasteiger partial charge >= 0.3 is 5.25 Å². The molecule has 1 heterocycles. The summed E-state index contributed by atoms with van der Waals surface area (Å²) in [6.07, 6.45) is -0.718. The van der Waals surface area contributed by atoms with Crippen LogP contribution in [0.15, 0.2) is 0 Å². The zero-order chi connectivity index (χ0) is 7.99. The molecular formula is C5H6F4S. The summed E-state index contributed by atoms with van der Waals surface area (Å²) in [5.41, 5.74) is -4.46. The monoisotopic (exact) mass is 174 g/mol. The minimum absolute atomic E-state index is 0.245. The number of thioether (sulfide) groups is 1. The summed E-state index contributed by atoms with van der Waals surface area (Å²) in [4.78, 5) is 0. The molecule has 0 aromatic rings. The van der Waals surface area contributed by atoms with Crippen LogP contribution < -0.4 is 0 Å². The molecule has 0 bridgehead atoms. The zero-order valence-electron chi connectivity index (χ0n) is 5.20. The number of halogens is 4. The largest absolute Gasteiger partial charge is 0.329 e. The lowest BCUT2D eigenvalue weighted by Gasteiger charge is -2.19. The van der Waals surface area contributed by atoms with Crippen LogP contribution in [0, 0.1) is 0 Å². The molecule has 0 amide bonds. The van der Waals surface area contributed by atoms with Gasteiger partial charge in [0.1, 0.15) is 0 Å². The molecule has 1 fully saturated rings. The second-order valence-electron chi connectivity index (χ2n) is 2.45. The molecule has 1 rings (SSSR count). The topological polar surface area (TPSA) is 0 Å². The van der Waals surface area contributed by atoms with E-state index in [1.807, 2.05) is 0 Å². The second-order valence-corrected chi connectivity index (χ2v) is 3.71. The van der Waals surface area contributed by atoms with Crippen LogP contribution in [0.5, 0.6) is 0 Å². The molecule has 0 saturated carbocycles. The van der Waals surface area contributed by atoms with Crippen molar-refractivity contribution in [3.8, 4) is 0 Å². The summed E-state index contributed by atoms with van der Waals surface area (Å²) in [6.45, 7) is 0.722. The summed E-state index contributed by atoms with van der Waals surface area (Å²) < 4.78 is 49.4. The van der Waals surface area contributed by atoms with E-state index < -0.39 is 22.8 Å². The van der Waals surface area contributed by atoms with Gasteiger partial charge in [0, 0.05) is 6.42 Å². The summed E-state index contributed by atoms with van der Waals surface area (Å²) >= 11 is -0.245. The van der Waals surface area contributed by atoms with Crippen LogP contribution in [0.4, 0.5) is 17.6 Å². The Morgan fingerprint density at radius 1 is 1.40 bits per heavy atom. The first-order valence-corrected chi connectivity index (χ1v) is 3.62. The first kappa shape index (κ1) is 8.17. The lowest BCUT2D eigenvalue weighted by Crippen LogP contribution is -2.33. The van der Waals surface area contributed by atoms with Crippen LogP contribution in [-0.2, 0) is 0 Å². The standard InChI is InChI=1S/C5H6F4S/c1-4(7)2-3(6)10-5(4,8)9/h3H,2H2,1H3. The summed E-state index contributed by atoms with van der Waals surface area (Å²) in [5.74, 6) is 0. The number of hydrogen-bond donors (Lipinski definition) is 0. The lowest BCUT2D eigenvalue weighted by atomic mass is 10.1. The van der Waals surface area contributed by atoms with E-state index in [-0.39, 0.29) is 11.8 Å². The van der Waals surface area contributed by atoms with Crippen LogP contribution in [0.3, 0.4) is 0 Å². The first-order chi connectivity index (χ1) is 4.35. The van der Waals surface area contributed by atoms with Gasteiger partial charge in [0.2, 0.25) is 0 Å². The highest BCUT2D eigenvalue weighted by Gasteiger charge is 2.60. The van der Waals surface area contributed by atoms with Gasteiger partial charge in [-0.2, -0.15) is 8.78 Å². The van der Waals surface area contributed by atoms with E-state index in [0.717, 1.165) is 6.92 Å². The molecule has 0 aliphatic carbocycles. The van der Waals surface area contributed by atoms with E-state index in [2.05, 4.69) is 0 Å². The Hall–Kier alpha value is 0.0700. The van der Waals surface area contributed by atoms with Gasteiger partial charge in [0.05, 0.1) is 0 Å². The van der Waals surface area contributed by atoms with Gasteiger partial charge in [-0.25, -0.2) is 8.78 Å². The Kier molecular flexibility index (Phi) is 1.66. The Morgan fingerprint density at radius 3 is 2.00 bits per heavy atom. The molecule has 10 heavy (non-hydrogen) atoms. The van der Waals surface area contributed by atoms with Crippen LogP contribution in [0.2, 0.25) is 0 Å². The van der Waals surface area contributed by atoms with Gasteiger partial charge < -0.3 is 0 Å². The maximum Gasteiger partial charge on any atom is 0.329 e. The SMILES string of the molecule is CC1(F)CC(F)SC1(F)F. The molecule has 0 radical (unpaired) electrons. The van der Waals surface area contributed by atoms with Crippen molar-refractivity contribution in [1.29, 1.82) is 0 Å². The molecule has 1 aliphatic heterocycles. The Bertz CT molecular complexity index is 129. The zero-order valence-corrected chi connectivity index (χ0v) is 6.02. The third kappa shape index (κ3) is 1.11. The van der Waals surface area contributed by atoms with Gasteiger partial charge in [0.25, 0.3) is 0 Å². The molecule has 60 valence electrons. The predicted octanol–water partition coefficient (Wildman–Crippen LogP) is 2.74. The van der Waals surface area contributed by atoms with Gasteiger partial charge in [-0.15, -0.1) is 0 Å². The van der Waals surface area contributed by atoms with Crippen LogP contribution in [-0.4, -0.2) is 16.4 Å². The van der Waals surface area contributed by atoms with Crippen LogP contribution >= 0.6 is 11.8 Å². The van der Waals surface area contributed by atoms with Crippen molar-refractivity contribution in [2.45, 2.75) is 29.8 Å². The van der Waals surface area contributed by atoms with E-state index in [0.29, 0.717) is 0 Å². The normalized spacial score (nSPS) is 45.9. The number of hydrogen-bond acceptors (Lipinski definition) is 1. The Balaban J connectivity index is 2.78. The summed E-state index contributed by atoms with van der Waals surface area (Å²) in [5, 5.41) is -3.56.